The summed E-state index contributed by atoms with van der Waals surface area (Å²) in [4.78, 5) is 38.5. The topological polar surface area (TPSA) is 79.6 Å². The zero-order valence-electron chi connectivity index (χ0n) is 14.0. The lowest BCUT2D eigenvalue weighted by Gasteiger charge is -2.44. The van der Waals surface area contributed by atoms with Crippen LogP contribution in [0, 0.1) is 17.8 Å². The molecule has 0 spiro atoms. The highest BCUT2D eigenvalue weighted by Crippen LogP contribution is 2.37. The summed E-state index contributed by atoms with van der Waals surface area (Å²) in [7, 11) is 0. The minimum Gasteiger partial charge on any atom is -0.481 e. The van der Waals surface area contributed by atoms with Gasteiger partial charge in [-0.1, -0.05) is 18.2 Å². The average Bonchev–Trinajstić information content (AvgIpc) is 2.62. The molecule has 0 radical (unpaired) electrons. The molecule has 3 aliphatic rings. The summed E-state index contributed by atoms with van der Waals surface area (Å²) >= 11 is 0. The summed E-state index contributed by atoms with van der Waals surface area (Å²) in [5.74, 6) is -1.62. The van der Waals surface area contributed by atoms with E-state index in [1.165, 1.54) is 0 Å². The van der Waals surface area contributed by atoms with Crippen LogP contribution in [0.5, 0.6) is 0 Å². The van der Waals surface area contributed by atoms with E-state index in [0.29, 0.717) is 32.5 Å². The van der Waals surface area contributed by atoms with Crippen molar-refractivity contribution < 1.29 is 14.7 Å². The molecule has 1 fully saturated rings. The average molecular weight is 342 g/mol. The van der Waals surface area contributed by atoms with Crippen molar-refractivity contribution in [1.29, 1.82) is 0 Å². The van der Waals surface area contributed by atoms with Crippen molar-refractivity contribution in [3.05, 3.63) is 46.4 Å². The SMILES string of the molecule is O=C(O)[C@@H]1CC=CC[C@H]1C(=O)N1C[C@@H]2C[C@@H](C1)c1cccc(=O)n1C2. The van der Waals surface area contributed by atoms with Gasteiger partial charge in [0, 0.05) is 37.3 Å². The molecule has 4 rings (SSSR count). The number of carboxylic acids is 1. The first-order valence-corrected chi connectivity index (χ1v) is 8.91. The molecule has 2 bridgehead atoms. The van der Waals surface area contributed by atoms with Gasteiger partial charge in [0.2, 0.25) is 5.91 Å². The zero-order chi connectivity index (χ0) is 17.6. The van der Waals surface area contributed by atoms with E-state index in [-0.39, 0.29) is 23.3 Å². The van der Waals surface area contributed by atoms with E-state index in [0.717, 1.165) is 12.1 Å². The number of hydrogen-bond donors (Lipinski definition) is 1. The Morgan fingerprint density at radius 3 is 2.56 bits per heavy atom. The Balaban J connectivity index is 1.58. The van der Waals surface area contributed by atoms with Crippen molar-refractivity contribution in [2.24, 2.45) is 17.8 Å². The molecule has 4 atom stereocenters. The maximum absolute atomic E-state index is 13.0. The number of allylic oxidation sites excluding steroid dienone is 2. The van der Waals surface area contributed by atoms with Gasteiger partial charge in [0.1, 0.15) is 0 Å². The van der Waals surface area contributed by atoms with Crippen LogP contribution in [0.2, 0.25) is 0 Å². The number of rotatable bonds is 2. The van der Waals surface area contributed by atoms with Crippen LogP contribution in [0.15, 0.2) is 35.1 Å². The maximum Gasteiger partial charge on any atom is 0.307 e. The third-order valence-corrected chi connectivity index (χ3v) is 5.86. The molecule has 1 aromatic rings. The van der Waals surface area contributed by atoms with Crippen molar-refractivity contribution in [3.63, 3.8) is 0 Å². The van der Waals surface area contributed by atoms with Crippen molar-refractivity contribution in [2.45, 2.75) is 31.7 Å². The predicted octanol–water partition coefficient (Wildman–Crippen LogP) is 1.46. The minimum absolute atomic E-state index is 0.0235. The number of carboxylic acid groups (broad SMARTS) is 1. The lowest BCUT2D eigenvalue weighted by atomic mass is 9.79. The summed E-state index contributed by atoms with van der Waals surface area (Å²) in [5, 5.41) is 9.44. The van der Waals surface area contributed by atoms with Crippen LogP contribution in [0.4, 0.5) is 0 Å². The summed E-state index contributed by atoms with van der Waals surface area (Å²) in [6.07, 6.45) is 5.68. The van der Waals surface area contributed by atoms with Crippen LogP contribution < -0.4 is 5.56 Å². The number of carbonyl (C=O) groups is 2. The first kappa shape index (κ1) is 16.1. The Labute approximate surface area is 145 Å². The van der Waals surface area contributed by atoms with Crippen LogP contribution in [0.3, 0.4) is 0 Å². The first-order chi connectivity index (χ1) is 12.0. The Morgan fingerprint density at radius 1 is 1.04 bits per heavy atom. The smallest absolute Gasteiger partial charge is 0.307 e. The minimum atomic E-state index is -0.892. The standard InChI is InChI=1S/C19H22N2O4/c22-17-7-3-6-16-13-8-12(10-21(16)17)9-20(11-13)18(23)14-4-1-2-5-15(14)19(24)25/h1-3,6-7,12-15H,4-5,8-11H2,(H,24,25)/t12-,13-,14+,15+/m0/s1. The van der Waals surface area contributed by atoms with Gasteiger partial charge in [0.05, 0.1) is 11.8 Å². The lowest BCUT2D eigenvalue weighted by molar-refractivity contribution is -0.151. The molecule has 6 nitrogen and oxygen atoms in total. The molecule has 1 amide bonds. The lowest BCUT2D eigenvalue weighted by Crippen LogP contribution is -2.51. The van der Waals surface area contributed by atoms with Crippen molar-refractivity contribution >= 4 is 11.9 Å². The fourth-order valence-corrected chi connectivity index (χ4v) is 4.67. The number of aromatic nitrogens is 1. The van der Waals surface area contributed by atoms with Gasteiger partial charge in [-0.25, -0.2) is 0 Å². The van der Waals surface area contributed by atoms with E-state index in [1.807, 2.05) is 27.7 Å². The number of aliphatic carboxylic acids is 1. The summed E-state index contributed by atoms with van der Waals surface area (Å²) < 4.78 is 1.84. The number of hydrogen-bond acceptors (Lipinski definition) is 3. The number of likely N-dealkylation sites (tertiary alicyclic amines) is 1. The molecule has 3 heterocycles. The van der Waals surface area contributed by atoms with Gasteiger partial charge in [0.15, 0.2) is 0 Å². The zero-order valence-corrected chi connectivity index (χ0v) is 14.0. The van der Waals surface area contributed by atoms with Crippen molar-refractivity contribution in [2.75, 3.05) is 13.1 Å². The predicted molar refractivity (Wildman–Crippen MR) is 91.1 cm³/mol. The summed E-state index contributed by atoms with van der Waals surface area (Å²) in [5.41, 5.74) is 1.02. The number of amides is 1. The molecule has 1 aromatic heterocycles. The van der Waals surface area contributed by atoms with Gasteiger partial charge in [-0.2, -0.15) is 0 Å². The molecule has 0 saturated carbocycles. The fraction of sp³-hybridized carbons (Fsp3) is 0.526. The Kier molecular flexibility index (Phi) is 3.98. The van der Waals surface area contributed by atoms with Crippen LogP contribution in [0.1, 0.15) is 30.9 Å². The van der Waals surface area contributed by atoms with E-state index in [4.69, 9.17) is 0 Å². The normalized spacial score (nSPS) is 30.6. The third-order valence-electron chi connectivity index (χ3n) is 5.86. The van der Waals surface area contributed by atoms with E-state index in [1.54, 1.807) is 12.1 Å². The fourth-order valence-electron chi connectivity index (χ4n) is 4.67. The molecule has 25 heavy (non-hydrogen) atoms. The van der Waals surface area contributed by atoms with Gasteiger partial charge in [-0.3, -0.25) is 14.4 Å². The highest BCUT2D eigenvalue weighted by atomic mass is 16.4. The Morgan fingerprint density at radius 2 is 1.80 bits per heavy atom. The largest absolute Gasteiger partial charge is 0.481 e. The van der Waals surface area contributed by atoms with E-state index >= 15 is 0 Å². The van der Waals surface area contributed by atoms with Gasteiger partial charge in [-0.05, 0) is 31.2 Å². The number of carbonyl (C=O) groups excluding carboxylic acids is 1. The van der Waals surface area contributed by atoms with Crippen LogP contribution in [0.25, 0.3) is 0 Å². The van der Waals surface area contributed by atoms with E-state index in [9.17, 15) is 19.5 Å². The monoisotopic (exact) mass is 342 g/mol. The van der Waals surface area contributed by atoms with Gasteiger partial charge in [-0.15, -0.1) is 0 Å². The van der Waals surface area contributed by atoms with Crippen LogP contribution in [-0.2, 0) is 16.1 Å². The van der Waals surface area contributed by atoms with Crippen LogP contribution in [-0.4, -0.2) is 39.5 Å². The van der Waals surface area contributed by atoms with Crippen molar-refractivity contribution in [3.8, 4) is 0 Å². The first-order valence-electron chi connectivity index (χ1n) is 8.91. The van der Waals surface area contributed by atoms with Crippen molar-refractivity contribution in [1.82, 2.24) is 9.47 Å². The number of piperidine rings is 1. The molecule has 1 aliphatic carbocycles. The molecule has 1 N–H and O–H groups in total. The third kappa shape index (κ3) is 2.79. The molecule has 132 valence electrons. The highest BCUT2D eigenvalue weighted by molar-refractivity contribution is 5.85. The number of fused-ring (bicyclic) bond motifs is 4. The second-order valence-corrected chi connectivity index (χ2v) is 7.44. The van der Waals surface area contributed by atoms with Gasteiger partial charge < -0.3 is 14.6 Å². The summed E-state index contributed by atoms with van der Waals surface area (Å²) in [6.45, 7) is 1.83. The van der Waals surface area contributed by atoms with E-state index in [2.05, 4.69) is 0 Å². The Bertz CT molecular complexity index is 797. The molecule has 2 aliphatic heterocycles. The highest BCUT2D eigenvalue weighted by Gasteiger charge is 2.41. The number of pyridine rings is 1. The quantitative estimate of drug-likeness (QED) is 0.825. The molecular formula is C19H22N2O4. The van der Waals surface area contributed by atoms with Crippen LogP contribution >= 0.6 is 0 Å². The molecule has 0 unspecified atom stereocenters. The molecule has 6 heteroatoms. The number of nitrogens with zero attached hydrogens (tertiary/aromatic N) is 2. The molecule has 1 saturated heterocycles. The second kappa shape index (κ2) is 6.17. The molecule has 0 aromatic carbocycles. The second-order valence-electron chi connectivity index (χ2n) is 7.44. The van der Waals surface area contributed by atoms with Gasteiger partial charge >= 0.3 is 5.97 Å². The Hall–Kier alpha value is -2.37. The van der Waals surface area contributed by atoms with Gasteiger partial charge in [0.25, 0.3) is 5.56 Å². The maximum atomic E-state index is 13.0. The summed E-state index contributed by atoms with van der Waals surface area (Å²) in [6, 6.07) is 5.33. The molecular weight excluding hydrogens is 320 g/mol. The van der Waals surface area contributed by atoms with E-state index < -0.39 is 17.8 Å².